The molecule has 0 aliphatic rings. The van der Waals surface area contributed by atoms with Crippen molar-refractivity contribution in [3.8, 4) is 33.4 Å². The minimum Gasteiger partial charge on any atom is -0.456 e. The summed E-state index contributed by atoms with van der Waals surface area (Å²) in [5, 5.41) is 9.80. The molecule has 9 aromatic rings. The Balaban J connectivity index is 1.44. The minimum absolute atomic E-state index is 0.914. The Labute approximate surface area is 249 Å². The maximum Gasteiger partial charge on any atom is 0.135 e. The van der Waals surface area contributed by atoms with Crippen LogP contribution in [0.1, 0.15) is 0 Å². The zero-order valence-corrected chi connectivity index (χ0v) is 23.4. The van der Waals surface area contributed by atoms with Crippen molar-refractivity contribution in [2.24, 2.45) is 0 Å². The molecule has 8 aromatic carbocycles. The van der Waals surface area contributed by atoms with E-state index in [0.29, 0.717) is 0 Å². The monoisotopic (exact) mass is 546 g/mol. The second-order valence-corrected chi connectivity index (χ2v) is 11.3. The number of hydrogen-bond donors (Lipinski definition) is 0. The Morgan fingerprint density at radius 2 is 0.907 bits per heavy atom. The predicted molar refractivity (Wildman–Crippen MR) is 183 cm³/mol. The average molecular weight is 547 g/mol. The molecule has 0 N–H and O–H groups in total. The lowest BCUT2D eigenvalue weighted by Crippen LogP contribution is -1.92. The highest BCUT2D eigenvalue weighted by Crippen LogP contribution is 2.47. The lowest BCUT2D eigenvalue weighted by Gasteiger charge is -2.19. The first-order valence-corrected chi connectivity index (χ1v) is 14.8. The second-order valence-electron chi connectivity index (χ2n) is 11.3. The summed E-state index contributed by atoms with van der Waals surface area (Å²) in [5.41, 5.74) is 9.24. The molecule has 1 aromatic heterocycles. The molecule has 0 radical (unpaired) electrons. The van der Waals surface area contributed by atoms with E-state index in [2.05, 4.69) is 146 Å². The Morgan fingerprint density at radius 3 is 1.77 bits per heavy atom. The quantitative estimate of drug-likeness (QED) is 0.201. The number of rotatable bonds is 3. The van der Waals surface area contributed by atoms with E-state index in [1.165, 1.54) is 65.7 Å². The molecular formula is C42H26O. The van der Waals surface area contributed by atoms with Crippen molar-refractivity contribution >= 4 is 54.3 Å². The predicted octanol–water partition coefficient (Wildman–Crippen LogP) is 12.0. The molecule has 9 rings (SSSR count). The summed E-state index contributed by atoms with van der Waals surface area (Å²) in [6.07, 6.45) is 0. The van der Waals surface area contributed by atoms with Crippen LogP contribution < -0.4 is 0 Å². The summed E-state index contributed by atoms with van der Waals surface area (Å²) < 4.78 is 6.20. The molecule has 0 aliphatic carbocycles. The summed E-state index contributed by atoms with van der Waals surface area (Å²) in [6.45, 7) is 0. The van der Waals surface area contributed by atoms with Crippen LogP contribution in [0, 0.1) is 0 Å². The molecule has 1 heteroatoms. The topological polar surface area (TPSA) is 13.1 Å². The largest absolute Gasteiger partial charge is 0.456 e. The van der Waals surface area contributed by atoms with Crippen molar-refractivity contribution in [1.29, 1.82) is 0 Å². The van der Waals surface area contributed by atoms with E-state index in [1.54, 1.807) is 0 Å². The van der Waals surface area contributed by atoms with E-state index in [1.807, 2.05) is 12.1 Å². The van der Waals surface area contributed by atoms with Gasteiger partial charge in [-0.2, -0.15) is 0 Å². The molecule has 0 bridgehead atoms. The van der Waals surface area contributed by atoms with Gasteiger partial charge in [0.25, 0.3) is 0 Å². The van der Waals surface area contributed by atoms with Crippen molar-refractivity contribution in [3.63, 3.8) is 0 Å². The van der Waals surface area contributed by atoms with Gasteiger partial charge in [0.05, 0.1) is 0 Å². The molecule has 200 valence electrons. The van der Waals surface area contributed by atoms with Gasteiger partial charge in [-0.3, -0.25) is 0 Å². The van der Waals surface area contributed by atoms with Gasteiger partial charge in [-0.05, 0) is 90.0 Å². The maximum absolute atomic E-state index is 6.20. The van der Waals surface area contributed by atoms with Gasteiger partial charge in [0.15, 0.2) is 0 Å². The number of para-hydroxylation sites is 1. The fourth-order valence-electron chi connectivity index (χ4n) is 6.91. The number of benzene rings is 8. The van der Waals surface area contributed by atoms with Gasteiger partial charge in [-0.15, -0.1) is 0 Å². The van der Waals surface area contributed by atoms with E-state index in [0.717, 1.165) is 21.9 Å². The third kappa shape index (κ3) is 3.72. The highest BCUT2D eigenvalue weighted by Gasteiger charge is 2.19. The van der Waals surface area contributed by atoms with Crippen molar-refractivity contribution in [2.75, 3.05) is 0 Å². The van der Waals surface area contributed by atoms with Crippen LogP contribution in [0.15, 0.2) is 162 Å². The van der Waals surface area contributed by atoms with Crippen LogP contribution in [0.4, 0.5) is 0 Å². The van der Waals surface area contributed by atoms with Crippen LogP contribution >= 0.6 is 0 Å². The van der Waals surface area contributed by atoms with Crippen molar-refractivity contribution in [1.82, 2.24) is 0 Å². The van der Waals surface area contributed by atoms with Gasteiger partial charge in [-0.25, -0.2) is 0 Å². The molecule has 43 heavy (non-hydrogen) atoms. The number of hydrogen-bond acceptors (Lipinski definition) is 1. The van der Waals surface area contributed by atoms with Crippen LogP contribution in [-0.4, -0.2) is 0 Å². The summed E-state index contributed by atoms with van der Waals surface area (Å²) >= 11 is 0. The van der Waals surface area contributed by atoms with Gasteiger partial charge >= 0.3 is 0 Å². The third-order valence-corrected chi connectivity index (χ3v) is 8.86. The first-order valence-electron chi connectivity index (χ1n) is 14.8. The molecular weight excluding hydrogens is 520 g/mol. The lowest BCUT2D eigenvalue weighted by atomic mass is 9.83. The van der Waals surface area contributed by atoms with Gasteiger partial charge in [-0.1, -0.05) is 133 Å². The van der Waals surface area contributed by atoms with Crippen molar-refractivity contribution in [2.45, 2.75) is 0 Å². The van der Waals surface area contributed by atoms with Crippen LogP contribution in [0.3, 0.4) is 0 Å². The SMILES string of the molecule is c1ccc(-c2ccc3c(-c4ccc5oc6ccccc6c5c4)c4ccccc4c(-c4cccc5ccccc45)c3c2)cc1. The zero-order valence-electron chi connectivity index (χ0n) is 23.4. The van der Waals surface area contributed by atoms with Crippen LogP contribution in [0.25, 0.3) is 87.6 Å². The fourth-order valence-corrected chi connectivity index (χ4v) is 6.91. The third-order valence-electron chi connectivity index (χ3n) is 8.86. The molecule has 1 nitrogen and oxygen atoms in total. The van der Waals surface area contributed by atoms with Gasteiger partial charge in [0, 0.05) is 10.8 Å². The highest BCUT2D eigenvalue weighted by molar-refractivity contribution is 6.24. The molecule has 0 atom stereocenters. The van der Waals surface area contributed by atoms with E-state index >= 15 is 0 Å². The van der Waals surface area contributed by atoms with Crippen molar-refractivity contribution in [3.05, 3.63) is 158 Å². The first-order chi connectivity index (χ1) is 21.3. The van der Waals surface area contributed by atoms with Gasteiger partial charge in [0.2, 0.25) is 0 Å². The van der Waals surface area contributed by atoms with Crippen molar-refractivity contribution < 1.29 is 4.42 Å². The van der Waals surface area contributed by atoms with E-state index in [9.17, 15) is 0 Å². The van der Waals surface area contributed by atoms with Gasteiger partial charge < -0.3 is 4.42 Å². The standard InChI is InChI=1S/C42H26O/c1-2-11-27(12-3-1)29-21-23-36-38(25-29)42(33-19-10-14-28-13-4-5-15-31(28)33)35-18-7-6-17-34(35)41(36)30-22-24-40-37(26-30)32-16-8-9-20-39(32)43-40/h1-26H. The lowest BCUT2D eigenvalue weighted by molar-refractivity contribution is 0.669. The normalized spacial score (nSPS) is 11.7. The zero-order chi connectivity index (χ0) is 28.3. The first kappa shape index (κ1) is 24.0. The van der Waals surface area contributed by atoms with E-state index in [-0.39, 0.29) is 0 Å². The summed E-state index contributed by atoms with van der Waals surface area (Å²) in [5.74, 6) is 0. The summed E-state index contributed by atoms with van der Waals surface area (Å²) in [4.78, 5) is 0. The molecule has 0 spiro atoms. The molecule has 0 aliphatic heterocycles. The fraction of sp³-hybridized carbons (Fsp3) is 0. The molecule has 0 amide bonds. The van der Waals surface area contributed by atoms with Crippen LogP contribution in [0.2, 0.25) is 0 Å². The van der Waals surface area contributed by atoms with Crippen LogP contribution in [-0.2, 0) is 0 Å². The van der Waals surface area contributed by atoms with E-state index in [4.69, 9.17) is 4.42 Å². The molecule has 0 unspecified atom stereocenters. The maximum atomic E-state index is 6.20. The molecule has 0 saturated carbocycles. The smallest absolute Gasteiger partial charge is 0.135 e. The van der Waals surface area contributed by atoms with Gasteiger partial charge in [0.1, 0.15) is 11.2 Å². The second kappa shape index (κ2) is 9.44. The average Bonchev–Trinajstić information content (AvgIpc) is 3.45. The Kier molecular flexibility index (Phi) is 5.27. The Hall–Kier alpha value is -5.66. The number of fused-ring (bicyclic) bond motifs is 6. The molecule has 0 saturated heterocycles. The Bertz CT molecular complexity index is 2490. The van der Waals surface area contributed by atoms with Crippen LogP contribution in [0.5, 0.6) is 0 Å². The highest BCUT2D eigenvalue weighted by atomic mass is 16.3. The summed E-state index contributed by atoms with van der Waals surface area (Å²) in [6, 6.07) is 56.9. The molecule has 1 heterocycles. The Morgan fingerprint density at radius 1 is 0.302 bits per heavy atom. The number of furan rings is 1. The van der Waals surface area contributed by atoms with E-state index < -0.39 is 0 Å². The minimum atomic E-state index is 0.914. The molecule has 0 fully saturated rings. The summed E-state index contributed by atoms with van der Waals surface area (Å²) in [7, 11) is 0.